The minimum Gasteiger partial charge on any atom is -0.598 e. The second-order valence-corrected chi connectivity index (χ2v) is 8.40. The van der Waals surface area contributed by atoms with Crippen LogP contribution in [0.1, 0.15) is 34.1 Å². The summed E-state index contributed by atoms with van der Waals surface area (Å²) in [6.07, 6.45) is 0.783. The molecule has 0 aromatic rings. The predicted octanol–water partition coefficient (Wildman–Crippen LogP) is 2.62. The molecule has 84 valence electrons. The van der Waals surface area contributed by atoms with Crippen LogP contribution in [0.4, 0.5) is 0 Å². The normalized spacial score (nSPS) is 29.8. The van der Waals surface area contributed by atoms with E-state index in [-0.39, 0.29) is 16.7 Å². The van der Waals surface area contributed by atoms with Gasteiger partial charge in [0.2, 0.25) is 0 Å². The largest absolute Gasteiger partial charge is 0.598 e. The van der Waals surface area contributed by atoms with Gasteiger partial charge in [-0.3, -0.25) is 0 Å². The van der Waals surface area contributed by atoms with E-state index in [2.05, 4.69) is 4.72 Å². The molecule has 1 N–H and O–H groups in total. The van der Waals surface area contributed by atoms with Crippen molar-refractivity contribution in [2.75, 3.05) is 0 Å². The third-order valence-electron chi connectivity index (χ3n) is 2.33. The molecule has 1 rings (SSSR count). The van der Waals surface area contributed by atoms with Gasteiger partial charge in [0.1, 0.15) is 9.08 Å². The Hall–Kier alpha value is 0.850. The van der Waals surface area contributed by atoms with E-state index in [0.29, 0.717) is 0 Å². The van der Waals surface area contributed by atoms with Gasteiger partial charge in [0.05, 0.1) is 6.04 Å². The average Bonchev–Trinajstić information content (AvgIpc) is 2.57. The minimum absolute atomic E-state index is 0.102. The fraction of sp³-hybridized carbons (Fsp3) is 1.00. The summed E-state index contributed by atoms with van der Waals surface area (Å²) in [6, 6.07) is 0.102. The maximum Gasteiger partial charge on any atom is 0.136 e. The molecule has 1 fully saturated rings. The van der Waals surface area contributed by atoms with Crippen molar-refractivity contribution in [2.45, 2.75) is 49.2 Å². The van der Waals surface area contributed by atoms with Gasteiger partial charge in [-0.25, -0.2) is 0 Å². The molecule has 2 nitrogen and oxygen atoms in total. The van der Waals surface area contributed by atoms with Gasteiger partial charge in [-0.15, -0.1) is 27.9 Å². The topological polar surface area (TPSA) is 35.1 Å². The monoisotopic (exact) mass is 257 g/mol. The molecule has 1 aliphatic rings. The van der Waals surface area contributed by atoms with E-state index in [1.807, 2.05) is 27.7 Å². The lowest BCUT2D eigenvalue weighted by Crippen LogP contribution is -2.44. The van der Waals surface area contributed by atoms with Gasteiger partial charge in [0.15, 0.2) is 0 Å². The van der Waals surface area contributed by atoms with E-state index in [1.165, 1.54) is 0 Å². The SMILES string of the molecule is CC(N[S+]([O-])C(C)(C)C)[C@H]1CC1(Cl)Cl. The van der Waals surface area contributed by atoms with Crippen LogP contribution in [0.2, 0.25) is 0 Å². The summed E-state index contributed by atoms with van der Waals surface area (Å²) < 4.78 is 13.9. The summed E-state index contributed by atoms with van der Waals surface area (Å²) >= 11 is 10.8. The first-order valence-corrected chi connectivity index (χ1v) is 6.61. The Morgan fingerprint density at radius 2 is 1.93 bits per heavy atom. The second kappa shape index (κ2) is 4.02. The van der Waals surface area contributed by atoms with Crippen LogP contribution in [0.15, 0.2) is 0 Å². The first-order chi connectivity index (χ1) is 6.14. The molecule has 0 aromatic carbocycles. The molecule has 2 unspecified atom stereocenters. The Morgan fingerprint density at radius 1 is 1.50 bits per heavy atom. The molecule has 1 saturated carbocycles. The van der Waals surface area contributed by atoms with E-state index in [9.17, 15) is 4.55 Å². The predicted molar refractivity (Wildman–Crippen MR) is 63.0 cm³/mol. The molecule has 14 heavy (non-hydrogen) atoms. The highest BCUT2D eigenvalue weighted by Gasteiger charge is 2.55. The number of rotatable bonds is 3. The zero-order valence-corrected chi connectivity index (χ0v) is 11.3. The highest BCUT2D eigenvalue weighted by Crippen LogP contribution is 2.54. The summed E-state index contributed by atoms with van der Waals surface area (Å²) in [4.78, 5) is 0. The molecule has 3 atom stereocenters. The van der Waals surface area contributed by atoms with Crippen LogP contribution in [-0.4, -0.2) is 19.7 Å². The summed E-state index contributed by atoms with van der Waals surface area (Å²) in [5.74, 6) is 0.220. The fourth-order valence-electron chi connectivity index (χ4n) is 1.20. The van der Waals surface area contributed by atoms with Crippen molar-refractivity contribution in [1.29, 1.82) is 0 Å². The van der Waals surface area contributed by atoms with Gasteiger partial charge in [-0.2, -0.15) is 0 Å². The number of alkyl halides is 2. The lowest BCUT2D eigenvalue weighted by atomic mass is 10.2. The van der Waals surface area contributed by atoms with Crippen LogP contribution in [-0.2, 0) is 11.4 Å². The minimum atomic E-state index is -1.05. The molecule has 0 radical (unpaired) electrons. The van der Waals surface area contributed by atoms with E-state index < -0.39 is 15.7 Å². The van der Waals surface area contributed by atoms with Gasteiger partial charge in [0.25, 0.3) is 0 Å². The molecule has 0 saturated heterocycles. The number of hydrogen-bond donors (Lipinski definition) is 1. The van der Waals surface area contributed by atoms with Crippen molar-refractivity contribution in [3.8, 4) is 0 Å². The van der Waals surface area contributed by atoms with Crippen molar-refractivity contribution >= 4 is 34.6 Å². The van der Waals surface area contributed by atoms with Gasteiger partial charge in [0, 0.05) is 17.3 Å². The van der Waals surface area contributed by atoms with Crippen molar-refractivity contribution in [3.05, 3.63) is 0 Å². The molecular formula is C9H17Cl2NOS. The molecule has 0 spiro atoms. The van der Waals surface area contributed by atoms with Gasteiger partial charge in [-0.05, 0) is 34.1 Å². The van der Waals surface area contributed by atoms with Gasteiger partial charge in [-0.1, -0.05) is 0 Å². The van der Waals surface area contributed by atoms with Crippen LogP contribution < -0.4 is 4.72 Å². The van der Waals surface area contributed by atoms with Crippen LogP contribution in [0, 0.1) is 5.92 Å². The van der Waals surface area contributed by atoms with E-state index >= 15 is 0 Å². The molecule has 0 aliphatic heterocycles. The number of halogens is 2. The average molecular weight is 258 g/mol. The van der Waals surface area contributed by atoms with E-state index in [0.717, 1.165) is 6.42 Å². The highest BCUT2D eigenvalue weighted by molar-refractivity contribution is 7.90. The lowest BCUT2D eigenvalue weighted by molar-refractivity contribution is 0.509. The Kier molecular flexibility index (Phi) is 3.71. The quantitative estimate of drug-likeness (QED) is 0.624. The van der Waals surface area contributed by atoms with Crippen LogP contribution >= 0.6 is 23.2 Å². The van der Waals surface area contributed by atoms with Crippen LogP contribution in [0.5, 0.6) is 0 Å². The van der Waals surface area contributed by atoms with Gasteiger partial charge < -0.3 is 4.55 Å². The Bertz CT molecular complexity index is 217. The van der Waals surface area contributed by atoms with Gasteiger partial charge >= 0.3 is 0 Å². The third kappa shape index (κ3) is 3.17. The maximum atomic E-state index is 11.7. The lowest BCUT2D eigenvalue weighted by Gasteiger charge is -2.26. The van der Waals surface area contributed by atoms with E-state index in [1.54, 1.807) is 0 Å². The molecule has 0 aromatic heterocycles. The maximum absolute atomic E-state index is 11.7. The summed E-state index contributed by atoms with van der Waals surface area (Å²) in [5.41, 5.74) is 0. The van der Waals surface area contributed by atoms with Crippen molar-refractivity contribution in [3.63, 3.8) is 0 Å². The van der Waals surface area contributed by atoms with Crippen molar-refractivity contribution < 1.29 is 4.55 Å². The fourth-order valence-corrected chi connectivity index (χ4v) is 2.77. The number of hydrogen-bond acceptors (Lipinski definition) is 2. The van der Waals surface area contributed by atoms with E-state index in [4.69, 9.17) is 23.2 Å². The Morgan fingerprint density at radius 3 is 2.21 bits per heavy atom. The molecular weight excluding hydrogens is 241 g/mol. The van der Waals surface area contributed by atoms with Crippen LogP contribution in [0.3, 0.4) is 0 Å². The number of nitrogens with one attached hydrogen (secondary N) is 1. The molecule has 0 bridgehead atoms. The first kappa shape index (κ1) is 12.9. The first-order valence-electron chi connectivity index (χ1n) is 4.70. The molecule has 1 aliphatic carbocycles. The molecule has 5 heteroatoms. The van der Waals surface area contributed by atoms with Crippen LogP contribution in [0.25, 0.3) is 0 Å². The third-order valence-corrected chi connectivity index (χ3v) is 4.89. The zero-order chi connectivity index (χ0) is 11.1. The zero-order valence-electron chi connectivity index (χ0n) is 8.93. The standard InChI is InChI=1S/C9H17Cl2NOS/c1-6(7-5-9(7,10)11)12-14(13)8(2,3)4/h6-7,12H,5H2,1-4H3/t6?,7-,14?/m1/s1. The smallest absolute Gasteiger partial charge is 0.136 e. The summed E-state index contributed by atoms with van der Waals surface area (Å²) in [6.45, 7) is 7.78. The summed E-state index contributed by atoms with van der Waals surface area (Å²) in [7, 11) is 0. The highest BCUT2D eigenvalue weighted by atomic mass is 35.5. The van der Waals surface area contributed by atoms with Crippen molar-refractivity contribution in [2.24, 2.45) is 5.92 Å². The Balaban J connectivity index is 2.39. The molecule has 0 heterocycles. The molecule has 0 amide bonds. The summed E-state index contributed by atoms with van der Waals surface area (Å²) in [5, 5.41) is 0. The Labute approximate surface area is 99.0 Å². The second-order valence-electron chi connectivity index (χ2n) is 4.86. The van der Waals surface area contributed by atoms with Crippen molar-refractivity contribution in [1.82, 2.24) is 4.72 Å².